The summed E-state index contributed by atoms with van der Waals surface area (Å²) in [5, 5.41) is 8.34. The van der Waals surface area contributed by atoms with Crippen LogP contribution in [0.15, 0.2) is 42.7 Å². The molecule has 7 N–H and O–H groups in total. The molecule has 2 aromatic carbocycles. The van der Waals surface area contributed by atoms with Crippen LogP contribution in [0.5, 0.6) is 0 Å². The van der Waals surface area contributed by atoms with Crippen molar-refractivity contribution in [2.75, 3.05) is 6.54 Å². The average molecular weight is 390 g/mol. The lowest BCUT2D eigenvalue weighted by atomic mass is 9.69. The van der Waals surface area contributed by atoms with Gasteiger partial charge in [-0.1, -0.05) is 12.1 Å². The Morgan fingerprint density at radius 2 is 1.52 bits per heavy atom. The standard InChI is InChI=1S/C21H22N6O2/c22-8-7-21(20-25-11-26-27-20)16-5-3-14(18(23)28)9-12(16)1-2-13-10-15(19(24)29)4-6-17(13)21/h3-6,9-11H,1-2,7-8,22H2,(H2,23,28)(H2,24,29)(H,25,26,27). The van der Waals surface area contributed by atoms with Crippen LogP contribution in [-0.4, -0.2) is 33.5 Å². The maximum absolute atomic E-state index is 11.7. The fourth-order valence-electron chi connectivity index (χ4n) is 4.43. The van der Waals surface area contributed by atoms with Crippen LogP contribution in [0.4, 0.5) is 0 Å². The van der Waals surface area contributed by atoms with Gasteiger partial charge < -0.3 is 22.2 Å². The van der Waals surface area contributed by atoms with Gasteiger partial charge >= 0.3 is 0 Å². The molecule has 0 unspecified atom stereocenters. The minimum Gasteiger partial charge on any atom is -0.366 e. The van der Waals surface area contributed by atoms with Crippen molar-refractivity contribution >= 4 is 11.8 Å². The van der Waals surface area contributed by atoms with E-state index in [2.05, 4.69) is 15.2 Å². The van der Waals surface area contributed by atoms with Crippen LogP contribution < -0.4 is 17.2 Å². The summed E-state index contributed by atoms with van der Waals surface area (Å²) in [5.41, 5.74) is 21.2. The van der Waals surface area contributed by atoms with Gasteiger partial charge in [0.1, 0.15) is 12.2 Å². The van der Waals surface area contributed by atoms with Crippen molar-refractivity contribution in [2.24, 2.45) is 17.2 Å². The third kappa shape index (κ3) is 2.98. The number of amides is 2. The highest BCUT2D eigenvalue weighted by atomic mass is 16.1. The molecule has 1 aromatic heterocycles. The number of hydrogen-bond acceptors (Lipinski definition) is 5. The van der Waals surface area contributed by atoms with Gasteiger partial charge in [-0.05, 0) is 72.3 Å². The molecule has 8 nitrogen and oxygen atoms in total. The van der Waals surface area contributed by atoms with E-state index in [9.17, 15) is 9.59 Å². The SMILES string of the molecule is NCCC1(c2nnc[nH]2)c2ccc(C(N)=O)cc2CCc2cc(C(N)=O)ccc21. The predicted octanol–water partition coefficient (Wildman–Crippen LogP) is 0.784. The van der Waals surface area contributed by atoms with Crippen molar-refractivity contribution in [1.82, 2.24) is 15.2 Å². The number of nitrogens with zero attached hydrogens (tertiary/aromatic N) is 2. The molecule has 8 heteroatoms. The number of H-pyrrole nitrogens is 1. The van der Waals surface area contributed by atoms with E-state index in [0.717, 1.165) is 22.3 Å². The summed E-state index contributed by atoms with van der Waals surface area (Å²) in [6.07, 6.45) is 3.44. The molecular weight excluding hydrogens is 368 g/mol. The van der Waals surface area contributed by atoms with Gasteiger partial charge in [0.2, 0.25) is 11.8 Å². The first kappa shape index (κ1) is 18.8. The van der Waals surface area contributed by atoms with Gasteiger partial charge in [-0.2, -0.15) is 0 Å². The highest BCUT2D eigenvalue weighted by Crippen LogP contribution is 2.45. The van der Waals surface area contributed by atoms with Gasteiger partial charge in [-0.25, -0.2) is 0 Å². The minimum absolute atomic E-state index is 0.398. The maximum atomic E-state index is 11.7. The van der Waals surface area contributed by atoms with Crippen LogP contribution in [0, 0.1) is 0 Å². The van der Waals surface area contributed by atoms with Crippen LogP contribution in [0.2, 0.25) is 0 Å². The van der Waals surface area contributed by atoms with Crippen LogP contribution in [0.3, 0.4) is 0 Å². The van der Waals surface area contributed by atoms with E-state index in [4.69, 9.17) is 17.2 Å². The summed E-state index contributed by atoms with van der Waals surface area (Å²) in [6, 6.07) is 11.0. The minimum atomic E-state index is -0.696. The fraction of sp³-hybridized carbons (Fsp3) is 0.238. The molecule has 1 aliphatic rings. The molecule has 0 bridgehead atoms. The molecule has 0 saturated carbocycles. The summed E-state index contributed by atoms with van der Waals surface area (Å²) in [6.45, 7) is 0.398. The third-order valence-electron chi connectivity index (χ3n) is 5.70. The molecule has 0 spiro atoms. The molecule has 0 fully saturated rings. The number of nitrogens with one attached hydrogen (secondary N) is 1. The quantitative estimate of drug-likeness (QED) is 0.507. The molecule has 29 heavy (non-hydrogen) atoms. The summed E-state index contributed by atoms with van der Waals surface area (Å²) in [4.78, 5) is 26.7. The number of rotatable bonds is 5. The smallest absolute Gasteiger partial charge is 0.248 e. The Hall–Kier alpha value is -3.52. The monoisotopic (exact) mass is 390 g/mol. The number of hydrogen-bond donors (Lipinski definition) is 4. The number of carbonyl (C=O) groups is 2. The van der Waals surface area contributed by atoms with Crippen LogP contribution >= 0.6 is 0 Å². The molecule has 4 rings (SSSR count). The number of benzene rings is 2. The van der Waals surface area contributed by atoms with Crippen molar-refractivity contribution in [2.45, 2.75) is 24.7 Å². The summed E-state index contributed by atoms with van der Waals surface area (Å²) in [5.74, 6) is -0.296. The summed E-state index contributed by atoms with van der Waals surface area (Å²) >= 11 is 0. The van der Waals surface area contributed by atoms with E-state index in [1.165, 1.54) is 6.33 Å². The van der Waals surface area contributed by atoms with Gasteiger partial charge in [0, 0.05) is 11.1 Å². The van der Waals surface area contributed by atoms with Crippen molar-refractivity contribution in [3.05, 3.63) is 81.9 Å². The molecule has 1 aliphatic carbocycles. The van der Waals surface area contributed by atoms with E-state index in [0.29, 0.717) is 42.8 Å². The maximum Gasteiger partial charge on any atom is 0.248 e. The van der Waals surface area contributed by atoms with Crippen molar-refractivity contribution in [1.29, 1.82) is 0 Å². The fourth-order valence-corrected chi connectivity index (χ4v) is 4.43. The largest absolute Gasteiger partial charge is 0.366 e. The highest BCUT2D eigenvalue weighted by molar-refractivity contribution is 5.94. The molecule has 0 aliphatic heterocycles. The summed E-state index contributed by atoms with van der Waals surface area (Å²) < 4.78 is 0. The van der Waals surface area contributed by atoms with Crippen LogP contribution in [-0.2, 0) is 18.3 Å². The zero-order chi connectivity index (χ0) is 20.6. The molecule has 1 heterocycles. The summed E-state index contributed by atoms with van der Waals surface area (Å²) in [7, 11) is 0. The molecule has 0 atom stereocenters. The zero-order valence-corrected chi connectivity index (χ0v) is 15.8. The van der Waals surface area contributed by atoms with Crippen LogP contribution in [0.25, 0.3) is 0 Å². The van der Waals surface area contributed by atoms with Crippen molar-refractivity contribution < 1.29 is 9.59 Å². The van der Waals surface area contributed by atoms with E-state index in [1.807, 2.05) is 24.3 Å². The first-order chi connectivity index (χ1) is 14.0. The van der Waals surface area contributed by atoms with E-state index < -0.39 is 17.2 Å². The molecule has 2 amide bonds. The average Bonchev–Trinajstić information content (AvgIpc) is 3.21. The number of primary amides is 2. The van der Waals surface area contributed by atoms with Crippen LogP contribution in [0.1, 0.15) is 55.2 Å². The molecule has 3 aromatic rings. The van der Waals surface area contributed by atoms with E-state index in [1.54, 1.807) is 12.1 Å². The van der Waals surface area contributed by atoms with E-state index in [-0.39, 0.29) is 0 Å². The molecule has 0 radical (unpaired) electrons. The number of aromatic nitrogens is 3. The Bertz CT molecular complexity index is 1030. The lowest BCUT2D eigenvalue weighted by Crippen LogP contribution is -2.35. The highest BCUT2D eigenvalue weighted by Gasteiger charge is 2.43. The zero-order valence-electron chi connectivity index (χ0n) is 15.8. The predicted molar refractivity (Wildman–Crippen MR) is 107 cm³/mol. The van der Waals surface area contributed by atoms with Gasteiger partial charge in [0.25, 0.3) is 0 Å². The Labute approximate surface area is 167 Å². The first-order valence-corrected chi connectivity index (χ1v) is 9.40. The number of aromatic amines is 1. The van der Waals surface area contributed by atoms with E-state index >= 15 is 0 Å². The number of fused-ring (bicyclic) bond motifs is 2. The normalized spacial score (nSPS) is 14.5. The van der Waals surface area contributed by atoms with Gasteiger partial charge in [-0.3, -0.25) is 9.59 Å². The number of carbonyl (C=O) groups excluding carboxylic acids is 2. The number of nitrogens with two attached hydrogens (primary N) is 3. The second-order valence-corrected chi connectivity index (χ2v) is 7.25. The Morgan fingerprint density at radius 1 is 0.966 bits per heavy atom. The Balaban J connectivity index is 2.05. The Morgan fingerprint density at radius 3 is 1.93 bits per heavy atom. The molecular formula is C21H22N6O2. The van der Waals surface area contributed by atoms with Gasteiger partial charge in [-0.15, -0.1) is 10.2 Å². The molecule has 148 valence electrons. The number of aryl methyl sites for hydroxylation is 2. The van der Waals surface area contributed by atoms with Crippen molar-refractivity contribution in [3.63, 3.8) is 0 Å². The van der Waals surface area contributed by atoms with Gasteiger partial charge in [0.15, 0.2) is 0 Å². The topological polar surface area (TPSA) is 154 Å². The Kier molecular flexibility index (Phi) is 4.63. The molecule has 0 saturated heterocycles. The lowest BCUT2D eigenvalue weighted by molar-refractivity contribution is 0.0991. The van der Waals surface area contributed by atoms with Crippen molar-refractivity contribution in [3.8, 4) is 0 Å². The second kappa shape index (κ2) is 7.14. The first-order valence-electron chi connectivity index (χ1n) is 9.40. The third-order valence-corrected chi connectivity index (χ3v) is 5.70. The lowest BCUT2D eigenvalue weighted by Gasteiger charge is -2.34. The second-order valence-electron chi connectivity index (χ2n) is 7.25. The van der Waals surface area contributed by atoms with Gasteiger partial charge in [0.05, 0.1) is 5.41 Å².